The highest BCUT2D eigenvalue weighted by molar-refractivity contribution is 5.94. The lowest BCUT2D eigenvalue weighted by Gasteiger charge is -2.34. The average molecular weight is 262 g/mol. The second-order valence-electron chi connectivity index (χ2n) is 4.85. The van der Waals surface area contributed by atoms with Crippen LogP contribution in [-0.4, -0.2) is 62.1 Å². The molecule has 1 amide bonds. The lowest BCUT2D eigenvalue weighted by atomic mass is 10.2. The third kappa shape index (κ3) is 4.04. The molecule has 104 valence electrons. The molecule has 4 heteroatoms. The van der Waals surface area contributed by atoms with E-state index in [-0.39, 0.29) is 5.91 Å². The van der Waals surface area contributed by atoms with Gasteiger partial charge in [-0.05, 0) is 18.6 Å². The number of rotatable bonds is 5. The highest BCUT2D eigenvalue weighted by atomic mass is 16.5. The Kier molecular flexibility index (Phi) is 5.36. The molecule has 0 radical (unpaired) electrons. The summed E-state index contributed by atoms with van der Waals surface area (Å²) in [5.74, 6) is 0.150. The second-order valence-corrected chi connectivity index (χ2v) is 4.85. The van der Waals surface area contributed by atoms with E-state index in [4.69, 9.17) is 4.74 Å². The van der Waals surface area contributed by atoms with Gasteiger partial charge in [-0.25, -0.2) is 0 Å². The van der Waals surface area contributed by atoms with Gasteiger partial charge in [0.1, 0.15) is 0 Å². The number of carbonyl (C=O) groups is 1. The number of methoxy groups -OCH3 is 1. The zero-order chi connectivity index (χ0) is 13.5. The molecule has 0 aliphatic carbocycles. The first-order valence-corrected chi connectivity index (χ1v) is 6.87. The van der Waals surface area contributed by atoms with E-state index in [1.165, 1.54) is 0 Å². The van der Waals surface area contributed by atoms with Crippen LogP contribution in [0.3, 0.4) is 0 Å². The fourth-order valence-corrected chi connectivity index (χ4v) is 2.37. The van der Waals surface area contributed by atoms with Gasteiger partial charge in [0, 0.05) is 52.0 Å². The number of carbonyl (C=O) groups excluding carboxylic acids is 1. The van der Waals surface area contributed by atoms with E-state index in [1.807, 2.05) is 35.2 Å². The molecule has 4 nitrogen and oxygen atoms in total. The van der Waals surface area contributed by atoms with Gasteiger partial charge in [0.15, 0.2) is 0 Å². The van der Waals surface area contributed by atoms with Gasteiger partial charge in [-0.15, -0.1) is 0 Å². The van der Waals surface area contributed by atoms with E-state index in [0.717, 1.165) is 51.3 Å². The molecule has 1 aromatic carbocycles. The van der Waals surface area contributed by atoms with Crippen LogP contribution in [-0.2, 0) is 4.74 Å². The van der Waals surface area contributed by atoms with Gasteiger partial charge in [-0.1, -0.05) is 18.2 Å². The van der Waals surface area contributed by atoms with Crippen molar-refractivity contribution in [3.05, 3.63) is 35.9 Å². The molecule has 0 N–H and O–H groups in total. The molecule has 1 aliphatic heterocycles. The third-order valence-corrected chi connectivity index (χ3v) is 3.50. The predicted octanol–water partition coefficient (Wildman–Crippen LogP) is 1.48. The van der Waals surface area contributed by atoms with Crippen LogP contribution in [0.2, 0.25) is 0 Å². The Hall–Kier alpha value is -1.39. The quantitative estimate of drug-likeness (QED) is 0.754. The van der Waals surface area contributed by atoms with Crippen molar-refractivity contribution < 1.29 is 9.53 Å². The number of nitrogens with zero attached hydrogens (tertiary/aromatic N) is 2. The molecule has 1 aromatic rings. The van der Waals surface area contributed by atoms with E-state index in [9.17, 15) is 4.79 Å². The van der Waals surface area contributed by atoms with Gasteiger partial charge < -0.3 is 9.64 Å². The molecule has 19 heavy (non-hydrogen) atoms. The molecule has 2 rings (SSSR count). The van der Waals surface area contributed by atoms with Crippen molar-refractivity contribution in [2.75, 3.05) is 46.4 Å². The Morgan fingerprint density at radius 1 is 1.16 bits per heavy atom. The number of hydrogen-bond donors (Lipinski definition) is 0. The average Bonchev–Trinajstić information content (AvgIpc) is 2.48. The summed E-state index contributed by atoms with van der Waals surface area (Å²) in [6.45, 7) is 5.43. The minimum atomic E-state index is 0.150. The van der Waals surface area contributed by atoms with Gasteiger partial charge in [0.2, 0.25) is 0 Å². The molecule has 0 bridgehead atoms. The van der Waals surface area contributed by atoms with Crippen LogP contribution in [0.1, 0.15) is 16.8 Å². The number of benzene rings is 1. The second kappa shape index (κ2) is 7.26. The maximum absolute atomic E-state index is 12.3. The Balaban J connectivity index is 1.78. The summed E-state index contributed by atoms with van der Waals surface area (Å²) in [4.78, 5) is 16.6. The molecule has 0 aromatic heterocycles. The molecule has 1 fully saturated rings. The summed E-state index contributed by atoms with van der Waals surface area (Å²) in [7, 11) is 1.73. The first-order valence-electron chi connectivity index (χ1n) is 6.87. The predicted molar refractivity (Wildman–Crippen MR) is 75.3 cm³/mol. The van der Waals surface area contributed by atoms with E-state index >= 15 is 0 Å². The summed E-state index contributed by atoms with van der Waals surface area (Å²) in [5, 5.41) is 0. The summed E-state index contributed by atoms with van der Waals surface area (Å²) in [5.41, 5.74) is 0.787. The van der Waals surface area contributed by atoms with Gasteiger partial charge in [0.05, 0.1) is 0 Å². The molecular weight excluding hydrogens is 240 g/mol. The van der Waals surface area contributed by atoms with Crippen LogP contribution in [0.15, 0.2) is 30.3 Å². The molecule has 1 heterocycles. The lowest BCUT2D eigenvalue weighted by molar-refractivity contribution is 0.0624. The van der Waals surface area contributed by atoms with Crippen LogP contribution in [0.4, 0.5) is 0 Å². The molecule has 1 aliphatic rings. The zero-order valence-electron chi connectivity index (χ0n) is 11.5. The van der Waals surface area contributed by atoms with Crippen molar-refractivity contribution in [1.82, 2.24) is 9.80 Å². The fraction of sp³-hybridized carbons (Fsp3) is 0.533. The number of ether oxygens (including phenoxy) is 1. The molecule has 1 saturated heterocycles. The Morgan fingerprint density at radius 2 is 1.84 bits per heavy atom. The van der Waals surface area contributed by atoms with Crippen molar-refractivity contribution in [2.45, 2.75) is 6.42 Å². The Bertz CT molecular complexity index is 386. The van der Waals surface area contributed by atoms with Crippen molar-refractivity contribution in [2.24, 2.45) is 0 Å². The van der Waals surface area contributed by atoms with Gasteiger partial charge in [-0.3, -0.25) is 9.69 Å². The maximum atomic E-state index is 12.3. The standard InChI is InChI=1S/C15H22N2O2/c1-19-13-5-8-16-9-11-17(12-10-16)15(18)14-6-3-2-4-7-14/h2-4,6-7H,5,8-13H2,1H3. The fourth-order valence-electron chi connectivity index (χ4n) is 2.37. The lowest BCUT2D eigenvalue weighted by Crippen LogP contribution is -2.48. The summed E-state index contributed by atoms with van der Waals surface area (Å²) in [6, 6.07) is 9.52. The van der Waals surface area contributed by atoms with Gasteiger partial charge in [0.25, 0.3) is 5.91 Å². The number of hydrogen-bond acceptors (Lipinski definition) is 3. The summed E-state index contributed by atoms with van der Waals surface area (Å²) >= 11 is 0. The van der Waals surface area contributed by atoms with E-state index in [2.05, 4.69) is 4.90 Å². The van der Waals surface area contributed by atoms with Crippen LogP contribution in [0.5, 0.6) is 0 Å². The molecule has 0 saturated carbocycles. The monoisotopic (exact) mass is 262 g/mol. The van der Waals surface area contributed by atoms with Crippen LogP contribution in [0.25, 0.3) is 0 Å². The third-order valence-electron chi connectivity index (χ3n) is 3.50. The van der Waals surface area contributed by atoms with Crippen LogP contribution < -0.4 is 0 Å². The van der Waals surface area contributed by atoms with Crippen molar-refractivity contribution in [3.8, 4) is 0 Å². The van der Waals surface area contributed by atoms with E-state index in [1.54, 1.807) is 7.11 Å². The van der Waals surface area contributed by atoms with Gasteiger partial charge >= 0.3 is 0 Å². The SMILES string of the molecule is COCCCN1CCN(C(=O)c2ccccc2)CC1. The highest BCUT2D eigenvalue weighted by Crippen LogP contribution is 2.08. The first kappa shape index (κ1) is 14.0. The molecule has 0 atom stereocenters. The number of amides is 1. The first-order chi connectivity index (χ1) is 9.31. The van der Waals surface area contributed by atoms with Gasteiger partial charge in [-0.2, -0.15) is 0 Å². The van der Waals surface area contributed by atoms with E-state index in [0.29, 0.717) is 0 Å². The smallest absolute Gasteiger partial charge is 0.253 e. The van der Waals surface area contributed by atoms with Crippen LogP contribution >= 0.6 is 0 Å². The summed E-state index contributed by atoms with van der Waals surface area (Å²) < 4.78 is 5.06. The molecular formula is C15H22N2O2. The normalized spacial score (nSPS) is 16.6. The van der Waals surface area contributed by atoms with Crippen molar-refractivity contribution in [1.29, 1.82) is 0 Å². The largest absolute Gasteiger partial charge is 0.385 e. The Labute approximate surface area is 115 Å². The number of piperazine rings is 1. The topological polar surface area (TPSA) is 32.8 Å². The highest BCUT2D eigenvalue weighted by Gasteiger charge is 2.21. The minimum absolute atomic E-state index is 0.150. The maximum Gasteiger partial charge on any atom is 0.253 e. The molecule has 0 unspecified atom stereocenters. The summed E-state index contributed by atoms with van der Waals surface area (Å²) in [6.07, 6.45) is 1.06. The zero-order valence-corrected chi connectivity index (χ0v) is 11.5. The van der Waals surface area contributed by atoms with Crippen molar-refractivity contribution >= 4 is 5.91 Å². The Morgan fingerprint density at radius 3 is 2.47 bits per heavy atom. The van der Waals surface area contributed by atoms with Crippen LogP contribution in [0, 0.1) is 0 Å². The minimum Gasteiger partial charge on any atom is -0.385 e. The van der Waals surface area contributed by atoms with E-state index < -0.39 is 0 Å². The molecule has 0 spiro atoms. The van der Waals surface area contributed by atoms with Crippen molar-refractivity contribution in [3.63, 3.8) is 0 Å².